The summed E-state index contributed by atoms with van der Waals surface area (Å²) in [5.41, 5.74) is 5.74. The number of nitrogens with one attached hydrogen (secondary N) is 1. The van der Waals surface area contributed by atoms with Crippen molar-refractivity contribution in [1.82, 2.24) is 4.72 Å². The lowest BCUT2D eigenvalue weighted by molar-refractivity contribution is -0.132. The Kier molecular flexibility index (Phi) is 4.64. The Hall–Kier alpha value is -1.48. The number of rotatable bonds is 5. The minimum atomic E-state index is -4.42. The van der Waals surface area contributed by atoms with Crippen molar-refractivity contribution >= 4 is 15.7 Å². The Bertz CT molecular complexity index is 543. The Balaban J connectivity index is 2.89. The highest BCUT2D eigenvalue weighted by atomic mass is 32.2. The van der Waals surface area contributed by atoms with Crippen LogP contribution in [-0.2, 0) is 10.0 Å². The highest BCUT2D eigenvalue weighted by Gasteiger charge is 2.28. The van der Waals surface area contributed by atoms with Crippen molar-refractivity contribution in [2.45, 2.75) is 17.5 Å². The standard InChI is InChI=1S/C10H13F3N2O3S/c1-18-8-6-7(14)2-3-9(8)19(16,17)15-5-4-10(11,12)13/h2-3,6,15H,4-5,14H2,1H3. The Labute approximate surface area is 108 Å². The maximum absolute atomic E-state index is 12.0. The van der Waals surface area contributed by atoms with E-state index in [1.165, 1.54) is 25.3 Å². The second-order valence-electron chi connectivity index (χ2n) is 3.67. The van der Waals surface area contributed by atoms with Gasteiger partial charge >= 0.3 is 6.18 Å². The van der Waals surface area contributed by atoms with Crippen molar-refractivity contribution in [1.29, 1.82) is 0 Å². The van der Waals surface area contributed by atoms with E-state index >= 15 is 0 Å². The highest BCUT2D eigenvalue weighted by molar-refractivity contribution is 7.89. The first kappa shape index (κ1) is 15.6. The van der Waals surface area contributed by atoms with Crippen LogP contribution in [0.5, 0.6) is 5.75 Å². The number of nitrogen functional groups attached to an aromatic ring is 1. The molecule has 0 aliphatic rings. The molecule has 5 nitrogen and oxygen atoms in total. The zero-order valence-corrected chi connectivity index (χ0v) is 10.8. The lowest BCUT2D eigenvalue weighted by atomic mass is 10.3. The van der Waals surface area contributed by atoms with Crippen molar-refractivity contribution in [3.8, 4) is 5.75 Å². The first-order chi connectivity index (χ1) is 8.65. The molecule has 0 aromatic heterocycles. The van der Waals surface area contributed by atoms with E-state index in [0.717, 1.165) is 0 Å². The molecule has 0 aliphatic heterocycles. The fourth-order valence-electron chi connectivity index (χ4n) is 1.31. The van der Waals surface area contributed by atoms with Crippen molar-refractivity contribution in [3.63, 3.8) is 0 Å². The number of benzene rings is 1. The summed E-state index contributed by atoms with van der Waals surface area (Å²) in [5, 5.41) is 0. The molecule has 0 heterocycles. The van der Waals surface area contributed by atoms with Gasteiger partial charge in [-0.2, -0.15) is 13.2 Å². The minimum Gasteiger partial charge on any atom is -0.495 e. The molecule has 0 fully saturated rings. The molecule has 9 heteroatoms. The summed E-state index contributed by atoms with van der Waals surface area (Å²) in [5.74, 6) is -0.0282. The first-order valence-electron chi connectivity index (χ1n) is 5.15. The topological polar surface area (TPSA) is 81.4 Å². The van der Waals surface area contributed by atoms with Gasteiger partial charge in [0.15, 0.2) is 0 Å². The molecule has 0 spiro atoms. The van der Waals surface area contributed by atoms with Gasteiger partial charge in [-0.25, -0.2) is 13.1 Å². The third-order valence-corrected chi connectivity index (χ3v) is 3.68. The normalized spacial score (nSPS) is 12.4. The molecule has 3 N–H and O–H groups in total. The first-order valence-corrected chi connectivity index (χ1v) is 6.64. The van der Waals surface area contributed by atoms with Crippen LogP contribution >= 0.6 is 0 Å². The third-order valence-electron chi connectivity index (χ3n) is 2.18. The zero-order valence-electron chi connectivity index (χ0n) is 9.99. The lowest BCUT2D eigenvalue weighted by Crippen LogP contribution is -2.28. The van der Waals surface area contributed by atoms with Crippen molar-refractivity contribution in [2.75, 3.05) is 19.4 Å². The number of methoxy groups -OCH3 is 1. The number of anilines is 1. The Morgan fingerprint density at radius 1 is 1.37 bits per heavy atom. The Morgan fingerprint density at radius 3 is 2.53 bits per heavy atom. The second kappa shape index (κ2) is 5.66. The van der Waals surface area contributed by atoms with Gasteiger partial charge in [-0.15, -0.1) is 0 Å². The molecule has 0 saturated carbocycles. The maximum Gasteiger partial charge on any atom is 0.390 e. The molecule has 0 saturated heterocycles. The van der Waals surface area contributed by atoms with Crippen LogP contribution in [0.15, 0.2) is 23.1 Å². The fraction of sp³-hybridized carbons (Fsp3) is 0.400. The molecule has 19 heavy (non-hydrogen) atoms. The molecular formula is C10H13F3N2O3S. The average molecular weight is 298 g/mol. The Morgan fingerprint density at radius 2 is 2.00 bits per heavy atom. The van der Waals surface area contributed by atoms with E-state index in [1.807, 2.05) is 4.72 Å². The predicted octanol–water partition coefficient (Wildman–Crippen LogP) is 1.51. The van der Waals surface area contributed by atoms with Crippen molar-refractivity contribution in [3.05, 3.63) is 18.2 Å². The van der Waals surface area contributed by atoms with Crippen LogP contribution in [0.4, 0.5) is 18.9 Å². The van der Waals surface area contributed by atoms with E-state index in [0.29, 0.717) is 0 Å². The van der Waals surface area contributed by atoms with Gasteiger partial charge in [0.2, 0.25) is 10.0 Å². The zero-order chi connectivity index (χ0) is 14.7. The van der Waals surface area contributed by atoms with E-state index in [-0.39, 0.29) is 16.3 Å². The van der Waals surface area contributed by atoms with Gasteiger partial charge in [-0.3, -0.25) is 0 Å². The van der Waals surface area contributed by atoms with E-state index in [9.17, 15) is 21.6 Å². The van der Waals surface area contributed by atoms with Crippen LogP contribution in [0.3, 0.4) is 0 Å². The molecule has 1 rings (SSSR count). The second-order valence-corrected chi connectivity index (χ2v) is 5.41. The SMILES string of the molecule is COc1cc(N)ccc1S(=O)(=O)NCCC(F)(F)F. The summed E-state index contributed by atoms with van der Waals surface area (Å²) in [6.45, 7) is -0.737. The van der Waals surface area contributed by atoms with Gasteiger partial charge in [0.25, 0.3) is 0 Å². The number of ether oxygens (including phenoxy) is 1. The summed E-state index contributed by atoms with van der Waals surface area (Å²) < 4.78 is 66.2. The summed E-state index contributed by atoms with van der Waals surface area (Å²) in [6.07, 6.45) is -5.67. The summed E-state index contributed by atoms with van der Waals surface area (Å²) in [4.78, 5) is -0.258. The average Bonchev–Trinajstić information content (AvgIpc) is 2.26. The smallest absolute Gasteiger partial charge is 0.390 e. The number of alkyl halides is 3. The third kappa shape index (κ3) is 4.60. The van der Waals surface area contributed by atoms with Crippen molar-refractivity contribution < 1.29 is 26.3 Å². The largest absolute Gasteiger partial charge is 0.495 e. The van der Waals surface area contributed by atoms with Crippen LogP contribution in [0.25, 0.3) is 0 Å². The van der Waals surface area contributed by atoms with Crippen LogP contribution in [-0.4, -0.2) is 28.2 Å². The van der Waals surface area contributed by atoms with E-state index in [4.69, 9.17) is 10.5 Å². The molecular weight excluding hydrogens is 285 g/mol. The van der Waals surface area contributed by atoms with Gasteiger partial charge in [0.05, 0.1) is 13.5 Å². The quantitative estimate of drug-likeness (QED) is 0.807. The van der Waals surface area contributed by atoms with Crippen molar-refractivity contribution in [2.24, 2.45) is 0 Å². The van der Waals surface area contributed by atoms with Gasteiger partial charge < -0.3 is 10.5 Å². The molecule has 108 valence electrons. The minimum absolute atomic E-state index is 0.0282. The van der Waals surface area contributed by atoms with Gasteiger partial charge in [0.1, 0.15) is 10.6 Å². The molecule has 1 aromatic rings. The molecule has 0 bridgehead atoms. The molecule has 0 aliphatic carbocycles. The van der Waals surface area contributed by atoms with Gasteiger partial charge in [-0.1, -0.05) is 0 Å². The van der Waals surface area contributed by atoms with Crippen LogP contribution in [0.2, 0.25) is 0 Å². The van der Waals surface area contributed by atoms with E-state index in [1.54, 1.807) is 0 Å². The van der Waals surface area contributed by atoms with E-state index < -0.39 is 29.2 Å². The number of halogens is 3. The summed E-state index contributed by atoms with van der Waals surface area (Å²) in [6, 6.07) is 3.77. The molecule has 0 unspecified atom stereocenters. The number of hydrogen-bond acceptors (Lipinski definition) is 4. The van der Waals surface area contributed by atoms with Crippen LogP contribution in [0.1, 0.15) is 6.42 Å². The van der Waals surface area contributed by atoms with E-state index in [2.05, 4.69) is 0 Å². The molecule has 0 radical (unpaired) electrons. The monoisotopic (exact) mass is 298 g/mol. The number of nitrogens with two attached hydrogens (primary N) is 1. The maximum atomic E-state index is 12.0. The molecule has 0 amide bonds. The fourth-order valence-corrected chi connectivity index (χ4v) is 2.49. The summed E-state index contributed by atoms with van der Waals surface area (Å²) >= 11 is 0. The molecule has 1 aromatic carbocycles. The number of hydrogen-bond donors (Lipinski definition) is 2. The van der Waals surface area contributed by atoms with Gasteiger partial charge in [-0.05, 0) is 12.1 Å². The molecule has 0 atom stereocenters. The van der Waals surface area contributed by atoms with Crippen LogP contribution in [0, 0.1) is 0 Å². The van der Waals surface area contributed by atoms with Gasteiger partial charge in [0, 0.05) is 18.3 Å². The van der Waals surface area contributed by atoms with Crippen LogP contribution < -0.4 is 15.2 Å². The highest BCUT2D eigenvalue weighted by Crippen LogP contribution is 2.26. The predicted molar refractivity (Wildman–Crippen MR) is 63.3 cm³/mol. The number of sulfonamides is 1. The summed E-state index contributed by atoms with van der Waals surface area (Å²) in [7, 11) is -2.83. The lowest BCUT2D eigenvalue weighted by Gasteiger charge is -2.12.